The zero-order valence-corrected chi connectivity index (χ0v) is 22.6. The van der Waals surface area contributed by atoms with Crippen molar-refractivity contribution in [1.82, 2.24) is 4.72 Å². The van der Waals surface area contributed by atoms with Crippen LogP contribution in [0.5, 0.6) is 0 Å². The van der Waals surface area contributed by atoms with Gasteiger partial charge in [-0.1, -0.05) is 11.8 Å². The predicted molar refractivity (Wildman–Crippen MR) is 130 cm³/mol. The summed E-state index contributed by atoms with van der Waals surface area (Å²) >= 11 is 0. The van der Waals surface area contributed by atoms with Gasteiger partial charge in [0.1, 0.15) is 4.91 Å². The van der Waals surface area contributed by atoms with E-state index in [-0.39, 0.29) is 36.4 Å². The molecule has 0 saturated heterocycles. The minimum atomic E-state index is -5.30. The molecule has 3 rings (SSSR count). The average molecular weight is 686 g/mol. The highest BCUT2D eigenvalue weighted by Gasteiger charge is 2.38. The van der Waals surface area contributed by atoms with Crippen molar-refractivity contribution in [3.63, 3.8) is 0 Å². The second kappa shape index (κ2) is 11.6. The van der Waals surface area contributed by atoms with Gasteiger partial charge in [-0.15, -0.1) is 0 Å². The summed E-state index contributed by atoms with van der Waals surface area (Å²) in [6, 6.07) is 0.261. The SMILES string of the molecule is O=S(=O)(Nc1cc(C(F)(F)F)cc(C(F)(F)F)c1)C1=C=CC(S(=O)(=O)NCc2cc(C(F)(F)F)cc(C(F)(F)F)c2)=CC=C1. The van der Waals surface area contributed by atoms with E-state index in [0.717, 1.165) is 12.2 Å². The van der Waals surface area contributed by atoms with E-state index in [0.29, 0.717) is 12.2 Å². The minimum Gasteiger partial charge on any atom is -0.279 e. The van der Waals surface area contributed by atoms with Crippen LogP contribution in [0.15, 0.2) is 76.2 Å². The van der Waals surface area contributed by atoms with E-state index in [9.17, 15) is 69.5 Å². The quantitative estimate of drug-likeness (QED) is 0.240. The molecular formula is C24H14F12N2O4S2. The van der Waals surface area contributed by atoms with Gasteiger partial charge in [0, 0.05) is 12.6 Å². The second-order valence-electron chi connectivity index (χ2n) is 8.72. The van der Waals surface area contributed by atoms with Gasteiger partial charge in [-0.2, -0.15) is 52.7 Å². The highest BCUT2D eigenvalue weighted by Crippen LogP contribution is 2.39. The monoisotopic (exact) mass is 686 g/mol. The molecule has 1 aliphatic carbocycles. The zero-order chi connectivity index (χ0) is 33.5. The molecule has 240 valence electrons. The Morgan fingerprint density at radius 2 is 1.05 bits per heavy atom. The Balaban J connectivity index is 1.90. The number of allylic oxidation sites excluding steroid dienone is 3. The van der Waals surface area contributed by atoms with Crippen LogP contribution in [0.3, 0.4) is 0 Å². The Hall–Kier alpha value is -3.74. The van der Waals surface area contributed by atoms with E-state index >= 15 is 0 Å². The smallest absolute Gasteiger partial charge is 0.279 e. The zero-order valence-electron chi connectivity index (χ0n) is 21.0. The molecule has 2 aromatic carbocycles. The molecule has 44 heavy (non-hydrogen) atoms. The van der Waals surface area contributed by atoms with E-state index < -0.39 is 94.6 Å². The third kappa shape index (κ3) is 8.67. The summed E-state index contributed by atoms with van der Waals surface area (Å²) < 4.78 is 211. The van der Waals surface area contributed by atoms with Crippen LogP contribution in [-0.2, 0) is 51.3 Å². The summed E-state index contributed by atoms with van der Waals surface area (Å²) in [5.74, 6) is 0. The topological polar surface area (TPSA) is 92.3 Å². The van der Waals surface area contributed by atoms with Crippen LogP contribution in [0, 0.1) is 0 Å². The molecule has 0 bridgehead atoms. The normalized spacial score (nSPS) is 15.1. The lowest BCUT2D eigenvalue weighted by atomic mass is 10.0. The van der Waals surface area contributed by atoms with Gasteiger partial charge in [-0.05, 0) is 54.1 Å². The summed E-state index contributed by atoms with van der Waals surface area (Å²) in [5.41, 5.74) is -7.03. The van der Waals surface area contributed by atoms with E-state index in [1.807, 2.05) is 5.73 Å². The summed E-state index contributed by atoms with van der Waals surface area (Å²) in [7, 11) is -9.78. The van der Waals surface area contributed by atoms with Crippen molar-refractivity contribution >= 4 is 25.7 Å². The molecule has 1 aliphatic rings. The fourth-order valence-electron chi connectivity index (χ4n) is 3.41. The Bertz CT molecular complexity index is 1730. The van der Waals surface area contributed by atoms with Gasteiger partial charge in [-0.3, -0.25) is 4.72 Å². The molecule has 0 fully saturated rings. The Labute approximate surface area is 240 Å². The number of rotatable bonds is 7. The van der Waals surface area contributed by atoms with Crippen molar-refractivity contribution in [2.75, 3.05) is 4.72 Å². The Morgan fingerprint density at radius 1 is 0.614 bits per heavy atom. The maximum absolute atomic E-state index is 13.1. The number of nitrogens with one attached hydrogen (secondary N) is 2. The lowest BCUT2D eigenvalue weighted by Crippen LogP contribution is -2.24. The first-order chi connectivity index (χ1) is 19.8. The molecule has 0 unspecified atom stereocenters. The van der Waals surface area contributed by atoms with Gasteiger partial charge in [0.2, 0.25) is 10.0 Å². The largest absolute Gasteiger partial charge is 0.416 e. The van der Waals surface area contributed by atoms with Crippen LogP contribution in [0.4, 0.5) is 58.4 Å². The maximum atomic E-state index is 13.1. The summed E-state index contributed by atoms with van der Waals surface area (Å²) in [5, 5.41) is 0. The van der Waals surface area contributed by atoms with Gasteiger partial charge in [-0.25, -0.2) is 21.6 Å². The number of benzene rings is 2. The molecule has 6 nitrogen and oxygen atoms in total. The van der Waals surface area contributed by atoms with E-state index in [1.165, 1.54) is 4.72 Å². The molecular weight excluding hydrogens is 672 g/mol. The second-order valence-corrected chi connectivity index (χ2v) is 12.1. The number of alkyl halides is 12. The number of anilines is 1. The molecule has 0 amide bonds. The van der Waals surface area contributed by atoms with Crippen molar-refractivity contribution in [1.29, 1.82) is 0 Å². The summed E-state index contributed by atoms with van der Waals surface area (Å²) in [6.07, 6.45) is -18.4. The standard InChI is InChI=1S/C24H14F12N2O4S2/c25-21(26,27)14-6-13(7-15(8-14)22(28,29)30)12-37-43(39,40)19-2-1-3-20(5-4-19)44(41,42)38-18-10-16(23(31,32)33)9-17(11-18)24(34,35)36/h1-4,6-11,37-38H,12H2. The lowest BCUT2D eigenvalue weighted by molar-refractivity contribution is -0.144. The van der Waals surface area contributed by atoms with Gasteiger partial charge >= 0.3 is 24.7 Å². The number of hydrogen-bond donors (Lipinski definition) is 2. The molecule has 0 saturated carbocycles. The summed E-state index contributed by atoms with van der Waals surface area (Å²) in [6.45, 7) is -1.09. The predicted octanol–water partition coefficient (Wildman–Crippen LogP) is 7.12. The van der Waals surface area contributed by atoms with Gasteiger partial charge in [0.05, 0.1) is 32.8 Å². The van der Waals surface area contributed by atoms with Crippen molar-refractivity contribution in [3.8, 4) is 0 Å². The highest BCUT2D eigenvalue weighted by atomic mass is 32.2. The molecule has 20 heteroatoms. The van der Waals surface area contributed by atoms with Crippen LogP contribution in [0.25, 0.3) is 0 Å². The van der Waals surface area contributed by atoms with Crippen LogP contribution < -0.4 is 9.44 Å². The number of hydrogen-bond acceptors (Lipinski definition) is 4. The van der Waals surface area contributed by atoms with Gasteiger partial charge in [0.25, 0.3) is 10.0 Å². The first kappa shape index (κ1) is 34.7. The van der Waals surface area contributed by atoms with Crippen molar-refractivity contribution < 1.29 is 69.5 Å². The third-order valence-electron chi connectivity index (χ3n) is 5.42. The molecule has 2 N–H and O–H groups in total. The van der Waals surface area contributed by atoms with Crippen LogP contribution in [-0.4, -0.2) is 16.8 Å². The average Bonchev–Trinajstić information content (AvgIpc) is 3.13. The number of sulfonamides is 2. The van der Waals surface area contributed by atoms with E-state index in [1.54, 1.807) is 4.72 Å². The molecule has 2 aromatic rings. The summed E-state index contributed by atoms with van der Waals surface area (Å²) in [4.78, 5) is -1.79. The third-order valence-corrected chi connectivity index (χ3v) is 8.15. The first-order valence-corrected chi connectivity index (χ1v) is 14.2. The van der Waals surface area contributed by atoms with E-state index in [4.69, 9.17) is 0 Å². The van der Waals surface area contributed by atoms with Crippen molar-refractivity contribution in [2.24, 2.45) is 0 Å². The van der Waals surface area contributed by atoms with Gasteiger partial charge < -0.3 is 0 Å². The Morgan fingerprint density at radius 3 is 1.48 bits per heavy atom. The van der Waals surface area contributed by atoms with Crippen LogP contribution in [0.2, 0.25) is 0 Å². The minimum absolute atomic E-state index is 0.0769. The number of halogens is 12. The van der Waals surface area contributed by atoms with Crippen molar-refractivity contribution in [2.45, 2.75) is 31.2 Å². The Kier molecular flexibility index (Phi) is 9.19. The molecule has 0 heterocycles. The fraction of sp³-hybridized carbons (Fsp3) is 0.208. The molecule has 0 radical (unpaired) electrons. The highest BCUT2D eigenvalue weighted by molar-refractivity contribution is 7.96. The molecule has 0 aliphatic heterocycles. The van der Waals surface area contributed by atoms with E-state index in [2.05, 4.69) is 0 Å². The fourth-order valence-corrected chi connectivity index (χ4v) is 5.42. The van der Waals surface area contributed by atoms with Crippen molar-refractivity contribution in [3.05, 3.63) is 104 Å². The molecule has 0 atom stereocenters. The molecule has 0 spiro atoms. The molecule has 0 aromatic heterocycles. The maximum Gasteiger partial charge on any atom is 0.416 e. The first-order valence-electron chi connectivity index (χ1n) is 11.2. The lowest BCUT2D eigenvalue weighted by Gasteiger charge is -2.15. The van der Waals surface area contributed by atoms with Gasteiger partial charge in [0.15, 0.2) is 0 Å². The van der Waals surface area contributed by atoms with Crippen LogP contribution in [0.1, 0.15) is 27.8 Å². The van der Waals surface area contributed by atoms with Crippen LogP contribution >= 0.6 is 0 Å².